The minimum absolute atomic E-state index is 0.168. The van der Waals surface area contributed by atoms with Gasteiger partial charge in [-0.15, -0.1) is 0 Å². The summed E-state index contributed by atoms with van der Waals surface area (Å²) >= 11 is 0. The molecular formula is C35H64O12. The van der Waals surface area contributed by atoms with Gasteiger partial charge in [-0.05, 0) is 42.9 Å². The van der Waals surface area contributed by atoms with E-state index in [0.29, 0.717) is 77.9 Å². The van der Waals surface area contributed by atoms with Crippen molar-refractivity contribution in [3.05, 3.63) is 0 Å². The number of carbonyl (C=O) groups excluding carboxylic acids is 2. The summed E-state index contributed by atoms with van der Waals surface area (Å²) in [5.41, 5.74) is 0. The van der Waals surface area contributed by atoms with Gasteiger partial charge in [0.2, 0.25) is 0 Å². The van der Waals surface area contributed by atoms with E-state index >= 15 is 0 Å². The van der Waals surface area contributed by atoms with E-state index in [1.54, 1.807) is 0 Å². The first-order valence-corrected chi connectivity index (χ1v) is 17.6. The highest BCUT2D eigenvalue weighted by atomic mass is 16.7. The zero-order chi connectivity index (χ0) is 34.6. The van der Waals surface area contributed by atoms with Gasteiger partial charge in [0.25, 0.3) is 0 Å². The summed E-state index contributed by atoms with van der Waals surface area (Å²) in [6.45, 7) is 21.5. The van der Waals surface area contributed by atoms with Crippen LogP contribution in [0.25, 0.3) is 0 Å². The standard InChI is InChI=1S/C35H64O12/c1-24-26(3)32(22-44-30(7)36)46-34(28(24)5)42-20-18-40-16-14-38-12-10-9-11-13-39-15-17-41-19-21-43-35-29(6)25(2)27(4)33(47-35)23-45-31(8)37/h24-29,32-35H,9-23H2,1-8H3. The van der Waals surface area contributed by atoms with Crippen LogP contribution < -0.4 is 0 Å². The second-order valence-electron chi connectivity index (χ2n) is 13.1. The van der Waals surface area contributed by atoms with Crippen molar-refractivity contribution in [1.29, 1.82) is 0 Å². The van der Waals surface area contributed by atoms with Crippen molar-refractivity contribution < 1.29 is 57.0 Å². The summed E-state index contributed by atoms with van der Waals surface area (Å²) in [7, 11) is 0. The summed E-state index contributed by atoms with van der Waals surface area (Å²) in [6.07, 6.45) is 1.97. The highest BCUT2D eigenvalue weighted by Gasteiger charge is 2.41. The number of esters is 2. The minimum atomic E-state index is -0.340. The van der Waals surface area contributed by atoms with E-state index in [9.17, 15) is 9.59 Å². The third-order valence-corrected chi connectivity index (χ3v) is 9.71. The molecule has 47 heavy (non-hydrogen) atoms. The minimum Gasteiger partial charge on any atom is -0.463 e. The molecule has 0 radical (unpaired) electrons. The molecule has 276 valence electrons. The van der Waals surface area contributed by atoms with E-state index in [4.69, 9.17) is 47.4 Å². The van der Waals surface area contributed by atoms with Crippen LogP contribution in [-0.2, 0) is 57.0 Å². The normalized spacial score (nSPS) is 31.1. The molecule has 0 saturated carbocycles. The summed E-state index contributed by atoms with van der Waals surface area (Å²) in [4.78, 5) is 22.4. The van der Waals surface area contributed by atoms with Crippen molar-refractivity contribution in [1.82, 2.24) is 0 Å². The van der Waals surface area contributed by atoms with E-state index in [1.165, 1.54) is 13.8 Å². The van der Waals surface area contributed by atoms with E-state index in [1.807, 2.05) is 0 Å². The second-order valence-corrected chi connectivity index (χ2v) is 13.1. The van der Waals surface area contributed by atoms with Crippen LogP contribution in [0.4, 0.5) is 0 Å². The fourth-order valence-corrected chi connectivity index (χ4v) is 5.81. The Hall–Kier alpha value is -1.38. The van der Waals surface area contributed by atoms with Crippen LogP contribution in [0, 0.1) is 35.5 Å². The summed E-state index contributed by atoms with van der Waals surface area (Å²) in [6, 6.07) is 0. The predicted octanol–water partition coefficient (Wildman–Crippen LogP) is 4.65. The number of hydrogen-bond donors (Lipinski definition) is 0. The first-order valence-electron chi connectivity index (χ1n) is 17.6. The molecule has 10 atom stereocenters. The molecule has 12 heteroatoms. The molecule has 2 heterocycles. The first-order chi connectivity index (χ1) is 22.5. The number of ether oxygens (including phenoxy) is 10. The molecule has 0 aromatic carbocycles. The molecule has 2 aliphatic rings. The molecule has 0 N–H and O–H groups in total. The summed E-state index contributed by atoms with van der Waals surface area (Å²) in [5, 5.41) is 0. The maximum atomic E-state index is 11.2. The summed E-state index contributed by atoms with van der Waals surface area (Å²) < 4.78 is 57.1. The predicted molar refractivity (Wildman–Crippen MR) is 175 cm³/mol. The number of rotatable bonds is 24. The van der Waals surface area contributed by atoms with E-state index < -0.39 is 0 Å². The van der Waals surface area contributed by atoms with Gasteiger partial charge in [0.1, 0.15) is 13.2 Å². The lowest BCUT2D eigenvalue weighted by Gasteiger charge is -2.43. The molecule has 0 aromatic heterocycles. The van der Waals surface area contributed by atoms with Gasteiger partial charge in [0.05, 0.1) is 65.1 Å². The van der Waals surface area contributed by atoms with Gasteiger partial charge >= 0.3 is 11.9 Å². The average molecular weight is 677 g/mol. The SMILES string of the molecule is CC(=O)OCC1OC(OCCOCCOCCCCCOCCOCCOC2OC(COC(C)=O)C(C)C(C)C2C)C(C)C(C)C1C. The highest BCUT2D eigenvalue weighted by molar-refractivity contribution is 5.66. The molecular weight excluding hydrogens is 612 g/mol. The summed E-state index contributed by atoms with van der Waals surface area (Å²) in [5.74, 6) is 1.20. The van der Waals surface area contributed by atoms with Crippen LogP contribution in [-0.4, -0.2) is 116 Å². The molecule has 2 saturated heterocycles. The lowest BCUT2D eigenvalue weighted by atomic mass is 9.79. The average Bonchev–Trinajstić information content (AvgIpc) is 3.04. The van der Waals surface area contributed by atoms with E-state index in [-0.39, 0.29) is 73.6 Å². The van der Waals surface area contributed by atoms with Crippen molar-refractivity contribution in [3.8, 4) is 0 Å². The van der Waals surface area contributed by atoms with Crippen molar-refractivity contribution in [2.45, 2.75) is 99.4 Å². The zero-order valence-corrected chi connectivity index (χ0v) is 30.3. The Morgan fingerprint density at radius 1 is 0.447 bits per heavy atom. The van der Waals surface area contributed by atoms with Crippen LogP contribution in [0.1, 0.15) is 74.7 Å². The van der Waals surface area contributed by atoms with Crippen LogP contribution >= 0.6 is 0 Å². The van der Waals surface area contributed by atoms with Gasteiger partial charge in [0.15, 0.2) is 12.6 Å². The monoisotopic (exact) mass is 676 g/mol. The molecule has 10 unspecified atom stereocenters. The third kappa shape index (κ3) is 16.3. The molecule has 0 bridgehead atoms. The van der Waals surface area contributed by atoms with E-state index in [2.05, 4.69) is 41.5 Å². The maximum Gasteiger partial charge on any atom is 0.302 e. The molecule has 12 nitrogen and oxygen atoms in total. The Morgan fingerprint density at radius 2 is 0.787 bits per heavy atom. The van der Waals surface area contributed by atoms with Gasteiger partial charge in [-0.2, -0.15) is 0 Å². The molecule has 2 aliphatic heterocycles. The van der Waals surface area contributed by atoms with Crippen molar-refractivity contribution in [2.24, 2.45) is 35.5 Å². The molecule has 2 fully saturated rings. The maximum absolute atomic E-state index is 11.2. The van der Waals surface area contributed by atoms with Crippen molar-refractivity contribution in [2.75, 3.05) is 79.3 Å². The highest BCUT2D eigenvalue weighted by Crippen LogP contribution is 2.36. The van der Waals surface area contributed by atoms with Crippen LogP contribution in [0.5, 0.6) is 0 Å². The molecule has 0 spiro atoms. The van der Waals surface area contributed by atoms with Crippen LogP contribution in [0.3, 0.4) is 0 Å². The number of unbranched alkanes of at least 4 members (excludes halogenated alkanes) is 2. The lowest BCUT2D eigenvalue weighted by molar-refractivity contribution is -0.258. The van der Waals surface area contributed by atoms with Gasteiger partial charge in [0, 0.05) is 38.9 Å². The molecule has 0 aliphatic carbocycles. The Labute approximate surface area is 283 Å². The van der Waals surface area contributed by atoms with Crippen LogP contribution in [0.15, 0.2) is 0 Å². The van der Waals surface area contributed by atoms with Gasteiger partial charge in [-0.3, -0.25) is 9.59 Å². The van der Waals surface area contributed by atoms with Crippen molar-refractivity contribution >= 4 is 11.9 Å². The van der Waals surface area contributed by atoms with Crippen molar-refractivity contribution in [3.63, 3.8) is 0 Å². The number of carbonyl (C=O) groups is 2. The van der Waals surface area contributed by atoms with Crippen LogP contribution in [0.2, 0.25) is 0 Å². The largest absolute Gasteiger partial charge is 0.463 e. The second kappa shape index (κ2) is 23.9. The molecule has 2 rings (SSSR count). The Bertz CT molecular complexity index is 777. The fourth-order valence-electron chi connectivity index (χ4n) is 5.81. The molecule has 0 aromatic rings. The number of hydrogen-bond acceptors (Lipinski definition) is 12. The first kappa shape index (κ1) is 41.8. The zero-order valence-electron chi connectivity index (χ0n) is 30.3. The Morgan fingerprint density at radius 3 is 1.15 bits per heavy atom. The Balaban J connectivity index is 1.36. The van der Waals surface area contributed by atoms with E-state index in [0.717, 1.165) is 19.3 Å². The Kier molecular flexibility index (Phi) is 21.2. The third-order valence-electron chi connectivity index (χ3n) is 9.71. The van der Waals surface area contributed by atoms with Gasteiger partial charge in [-0.1, -0.05) is 41.5 Å². The van der Waals surface area contributed by atoms with Gasteiger partial charge < -0.3 is 47.4 Å². The lowest BCUT2D eigenvalue weighted by Crippen LogP contribution is -2.48. The smallest absolute Gasteiger partial charge is 0.302 e. The topological polar surface area (TPSA) is 126 Å². The van der Waals surface area contributed by atoms with Gasteiger partial charge in [-0.25, -0.2) is 0 Å². The quantitative estimate of drug-likeness (QED) is 0.104. The fraction of sp³-hybridized carbons (Fsp3) is 0.943. The molecule has 0 amide bonds.